The highest BCUT2D eigenvalue weighted by molar-refractivity contribution is 9.10. The fraction of sp³-hybridized carbons (Fsp3) is 0.353. The first-order chi connectivity index (χ1) is 10.6. The van der Waals surface area contributed by atoms with Crippen molar-refractivity contribution in [3.63, 3.8) is 0 Å². The van der Waals surface area contributed by atoms with Crippen LogP contribution in [0.5, 0.6) is 0 Å². The van der Waals surface area contributed by atoms with Crippen LogP contribution in [0.25, 0.3) is 0 Å². The molecular weight excluding hydrogens is 342 g/mol. The number of rotatable bonds is 1. The predicted octanol–water partition coefficient (Wildman–Crippen LogP) is 3.44. The van der Waals surface area contributed by atoms with Crippen LogP contribution in [0.2, 0.25) is 0 Å². The summed E-state index contributed by atoms with van der Waals surface area (Å²) < 4.78 is 0.843. The molecule has 1 aromatic carbocycles. The second-order valence-electron chi connectivity index (χ2n) is 5.62. The standard InChI is InChI=1S/C17H14BrN3O/c1-2-21-14-6-5-12(18)9-13(14)17(15(21)22)8-4-3-7-16(17,10-19)11-20/h3-6,9H,2,7-8H2,1H3. The van der Waals surface area contributed by atoms with Crippen LogP contribution in [0, 0.1) is 28.1 Å². The summed E-state index contributed by atoms with van der Waals surface area (Å²) in [6, 6.07) is 9.96. The average molecular weight is 356 g/mol. The Balaban J connectivity index is 2.38. The maximum atomic E-state index is 13.2. The number of nitriles is 2. The smallest absolute Gasteiger partial charge is 0.240 e. The number of anilines is 1. The molecular formula is C17H14BrN3O. The van der Waals surface area contributed by atoms with E-state index in [0.29, 0.717) is 13.0 Å². The zero-order valence-corrected chi connectivity index (χ0v) is 13.7. The van der Waals surface area contributed by atoms with E-state index in [2.05, 4.69) is 28.1 Å². The number of carbonyl (C=O) groups excluding carboxylic acids is 1. The van der Waals surface area contributed by atoms with E-state index in [1.807, 2.05) is 37.3 Å². The zero-order valence-electron chi connectivity index (χ0n) is 12.1. The molecule has 2 aliphatic rings. The minimum Gasteiger partial charge on any atom is -0.312 e. The summed E-state index contributed by atoms with van der Waals surface area (Å²) in [6.07, 6.45) is 4.40. The highest BCUT2D eigenvalue weighted by atomic mass is 79.9. The first-order valence-corrected chi connectivity index (χ1v) is 7.95. The number of hydrogen-bond acceptors (Lipinski definition) is 3. The first kappa shape index (κ1) is 14.8. The molecule has 0 saturated carbocycles. The van der Waals surface area contributed by atoms with Gasteiger partial charge in [-0.05, 0) is 43.5 Å². The topological polar surface area (TPSA) is 67.9 Å². The predicted molar refractivity (Wildman–Crippen MR) is 85.9 cm³/mol. The largest absolute Gasteiger partial charge is 0.312 e. The van der Waals surface area contributed by atoms with Crippen molar-refractivity contribution in [2.75, 3.05) is 11.4 Å². The monoisotopic (exact) mass is 355 g/mol. The number of carbonyl (C=O) groups is 1. The molecule has 4 nitrogen and oxygen atoms in total. The van der Waals surface area contributed by atoms with Gasteiger partial charge in [0.05, 0.1) is 12.1 Å². The molecule has 0 N–H and O–H groups in total. The van der Waals surface area contributed by atoms with Crippen LogP contribution in [0.4, 0.5) is 5.69 Å². The van der Waals surface area contributed by atoms with Crippen molar-refractivity contribution in [3.05, 3.63) is 40.4 Å². The molecule has 110 valence electrons. The quantitative estimate of drug-likeness (QED) is 0.724. The van der Waals surface area contributed by atoms with Crippen LogP contribution in [0.1, 0.15) is 25.3 Å². The fourth-order valence-corrected chi connectivity index (χ4v) is 4.00. The van der Waals surface area contributed by atoms with Gasteiger partial charge in [0.15, 0.2) is 5.41 Å². The lowest BCUT2D eigenvalue weighted by atomic mass is 9.56. The van der Waals surface area contributed by atoms with Crippen LogP contribution in [-0.2, 0) is 10.2 Å². The minimum absolute atomic E-state index is 0.143. The summed E-state index contributed by atoms with van der Waals surface area (Å²) in [6.45, 7) is 2.42. The molecule has 1 aliphatic carbocycles. The van der Waals surface area contributed by atoms with Gasteiger partial charge < -0.3 is 4.90 Å². The summed E-state index contributed by atoms with van der Waals surface area (Å²) in [5, 5.41) is 19.5. The molecule has 1 atom stereocenters. The number of hydrogen-bond donors (Lipinski definition) is 0. The SMILES string of the molecule is CCN1C(=O)C2(CC=CCC2(C#N)C#N)c2cc(Br)ccc21. The zero-order chi connectivity index (χ0) is 16.0. The van der Waals surface area contributed by atoms with Gasteiger partial charge in [-0.3, -0.25) is 4.79 Å². The van der Waals surface area contributed by atoms with E-state index in [1.54, 1.807) is 4.90 Å². The van der Waals surface area contributed by atoms with Gasteiger partial charge in [0.2, 0.25) is 5.91 Å². The summed E-state index contributed by atoms with van der Waals surface area (Å²) in [5.74, 6) is -0.143. The lowest BCUT2D eigenvalue weighted by molar-refractivity contribution is -0.125. The van der Waals surface area contributed by atoms with Crippen LogP contribution in [0.15, 0.2) is 34.8 Å². The number of nitrogens with zero attached hydrogens (tertiary/aromatic N) is 3. The van der Waals surface area contributed by atoms with Crippen molar-refractivity contribution in [1.29, 1.82) is 10.5 Å². The summed E-state index contributed by atoms with van der Waals surface area (Å²) in [5.41, 5.74) is -0.888. The number of fused-ring (bicyclic) bond motifs is 2. The lowest BCUT2D eigenvalue weighted by Crippen LogP contribution is -2.52. The van der Waals surface area contributed by atoms with Gasteiger partial charge in [0.25, 0.3) is 0 Å². The van der Waals surface area contributed by atoms with Crippen molar-refractivity contribution >= 4 is 27.5 Å². The van der Waals surface area contributed by atoms with Crippen molar-refractivity contribution in [3.8, 4) is 12.1 Å². The maximum absolute atomic E-state index is 13.2. The van der Waals surface area contributed by atoms with E-state index in [-0.39, 0.29) is 12.3 Å². The fourth-order valence-electron chi connectivity index (χ4n) is 3.64. The van der Waals surface area contributed by atoms with Gasteiger partial charge in [-0.1, -0.05) is 28.1 Å². The Morgan fingerprint density at radius 1 is 1.27 bits per heavy atom. The van der Waals surface area contributed by atoms with Gasteiger partial charge in [0.1, 0.15) is 5.41 Å². The highest BCUT2D eigenvalue weighted by Crippen LogP contribution is 2.57. The van der Waals surface area contributed by atoms with Gasteiger partial charge in [-0.2, -0.15) is 10.5 Å². The summed E-state index contributed by atoms with van der Waals surface area (Å²) in [7, 11) is 0. The second kappa shape index (κ2) is 4.97. The number of halogens is 1. The summed E-state index contributed by atoms with van der Waals surface area (Å²) >= 11 is 3.44. The van der Waals surface area contributed by atoms with E-state index in [0.717, 1.165) is 15.7 Å². The third-order valence-electron chi connectivity index (χ3n) is 4.76. The molecule has 0 saturated heterocycles. The van der Waals surface area contributed by atoms with E-state index < -0.39 is 10.8 Å². The van der Waals surface area contributed by atoms with Crippen LogP contribution < -0.4 is 4.90 Å². The van der Waals surface area contributed by atoms with Gasteiger partial charge in [-0.15, -0.1) is 0 Å². The van der Waals surface area contributed by atoms with Crippen molar-refractivity contribution < 1.29 is 4.79 Å². The van der Waals surface area contributed by atoms with E-state index in [1.165, 1.54) is 0 Å². The Kier molecular flexibility index (Phi) is 3.34. The molecule has 0 radical (unpaired) electrons. The number of benzene rings is 1. The Bertz CT molecular complexity index is 757. The normalized spacial score (nSPS) is 24.9. The third-order valence-corrected chi connectivity index (χ3v) is 5.25. The van der Waals surface area contributed by atoms with Crippen LogP contribution in [0.3, 0.4) is 0 Å². The number of amides is 1. The van der Waals surface area contributed by atoms with Crippen molar-refractivity contribution in [2.45, 2.75) is 25.2 Å². The molecule has 1 unspecified atom stereocenters. The van der Waals surface area contributed by atoms with Gasteiger partial charge >= 0.3 is 0 Å². The molecule has 1 aromatic rings. The van der Waals surface area contributed by atoms with Gasteiger partial charge in [-0.25, -0.2) is 0 Å². The lowest BCUT2D eigenvalue weighted by Gasteiger charge is -2.39. The molecule has 0 fully saturated rings. The molecule has 1 amide bonds. The molecule has 0 bridgehead atoms. The molecule has 1 spiro atoms. The van der Waals surface area contributed by atoms with Gasteiger partial charge in [0, 0.05) is 16.7 Å². The average Bonchev–Trinajstić information content (AvgIpc) is 2.78. The van der Waals surface area contributed by atoms with Crippen molar-refractivity contribution in [1.82, 2.24) is 0 Å². The third kappa shape index (κ3) is 1.58. The molecule has 1 heterocycles. The summed E-state index contributed by atoms with van der Waals surface area (Å²) in [4.78, 5) is 14.9. The minimum atomic E-state index is -1.36. The Morgan fingerprint density at radius 3 is 2.59 bits per heavy atom. The molecule has 22 heavy (non-hydrogen) atoms. The number of likely N-dealkylation sites (N-methyl/N-ethyl adjacent to an activating group) is 1. The van der Waals surface area contributed by atoms with E-state index in [4.69, 9.17) is 0 Å². The molecule has 5 heteroatoms. The molecule has 3 rings (SSSR count). The Morgan fingerprint density at radius 2 is 1.95 bits per heavy atom. The van der Waals surface area contributed by atoms with E-state index >= 15 is 0 Å². The van der Waals surface area contributed by atoms with E-state index in [9.17, 15) is 15.3 Å². The Labute approximate surface area is 137 Å². The first-order valence-electron chi connectivity index (χ1n) is 7.16. The number of allylic oxidation sites excluding steroid dienone is 2. The maximum Gasteiger partial charge on any atom is 0.240 e. The van der Waals surface area contributed by atoms with Crippen LogP contribution in [-0.4, -0.2) is 12.5 Å². The van der Waals surface area contributed by atoms with Crippen LogP contribution >= 0.6 is 15.9 Å². The highest BCUT2D eigenvalue weighted by Gasteiger charge is 2.64. The molecule has 0 aromatic heterocycles. The molecule has 1 aliphatic heterocycles. The Hall–Kier alpha value is -2.11. The van der Waals surface area contributed by atoms with Crippen molar-refractivity contribution in [2.24, 2.45) is 5.41 Å². The second-order valence-corrected chi connectivity index (χ2v) is 6.54.